The molecule has 0 heterocycles. The molecule has 0 aromatic heterocycles. The Morgan fingerprint density at radius 1 is 1.29 bits per heavy atom. The van der Waals surface area contributed by atoms with Crippen molar-refractivity contribution in [1.29, 1.82) is 0 Å². The van der Waals surface area contributed by atoms with Crippen molar-refractivity contribution in [2.24, 2.45) is 11.3 Å². The van der Waals surface area contributed by atoms with Crippen LogP contribution in [0.15, 0.2) is 0 Å². The van der Waals surface area contributed by atoms with Crippen molar-refractivity contribution in [2.75, 3.05) is 6.61 Å². The molecule has 2 nitrogen and oxygen atoms in total. The van der Waals surface area contributed by atoms with Crippen molar-refractivity contribution >= 4 is 5.97 Å². The fourth-order valence-corrected chi connectivity index (χ4v) is 1.91. The average molecular weight is 200 g/mol. The molecule has 0 spiro atoms. The van der Waals surface area contributed by atoms with E-state index in [0.717, 1.165) is 19.3 Å². The molecule has 0 aromatic carbocycles. The first-order valence-electron chi connectivity index (χ1n) is 5.67. The van der Waals surface area contributed by atoms with E-state index in [1.165, 1.54) is 0 Å². The molecule has 0 aliphatic rings. The number of ether oxygens (including phenoxy) is 1. The number of rotatable bonds is 6. The van der Waals surface area contributed by atoms with Gasteiger partial charge in [0.2, 0.25) is 0 Å². The van der Waals surface area contributed by atoms with Crippen LogP contribution in [0.5, 0.6) is 0 Å². The second-order valence-corrected chi connectivity index (χ2v) is 4.34. The Morgan fingerprint density at radius 2 is 1.86 bits per heavy atom. The maximum Gasteiger partial charge on any atom is 0.311 e. The third kappa shape index (κ3) is 3.32. The van der Waals surface area contributed by atoms with Gasteiger partial charge in [-0.2, -0.15) is 0 Å². The van der Waals surface area contributed by atoms with E-state index >= 15 is 0 Å². The van der Waals surface area contributed by atoms with Gasteiger partial charge in [-0.3, -0.25) is 4.79 Å². The van der Waals surface area contributed by atoms with Gasteiger partial charge in [0.05, 0.1) is 12.0 Å². The Morgan fingerprint density at radius 3 is 2.21 bits per heavy atom. The van der Waals surface area contributed by atoms with Crippen molar-refractivity contribution < 1.29 is 9.53 Å². The summed E-state index contributed by atoms with van der Waals surface area (Å²) in [4.78, 5) is 11.7. The molecule has 0 aliphatic heterocycles. The highest BCUT2D eigenvalue weighted by Gasteiger charge is 2.36. The number of esters is 1. The lowest BCUT2D eigenvalue weighted by molar-refractivity contribution is -0.157. The van der Waals surface area contributed by atoms with Gasteiger partial charge in [-0.05, 0) is 33.1 Å². The molecule has 0 fully saturated rings. The predicted molar refractivity (Wildman–Crippen MR) is 59.1 cm³/mol. The van der Waals surface area contributed by atoms with Crippen LogP contribution >= 0.6 is 0 Å². The summed E-state index contributed by atoms with van der Waals surface area (Å²) in [6, 6.07) is 0. The van der Waals surface area contributed by atoms with Crippen LogP contribution in [0, 0.1) is 11.3 Å². The van der Waals surface area contributed by atoms with E-state index in [0.29, 0.717) is 12.5 Å². The van der Waals surface area contributed by atoms with E-state index in [1.54, 1.807) is 0 Å². The summed E-state index contributed by atoms with van der Waals surface area (Å²) in [5.74, 6) is 0.381. The molecule has 0 amide bonds. The summed E-state index contributed by atoms with van der Waals surface area (Å²) < 4.78 is 5.10. The van der Waals surface area contributed by atoms with Crippen molar-refractivity contribution in [3.8, 4) is 0 Å². The fraction of sp³-hybridized carbons (Fsp3) is 0.917. The maximum atomic E-state index is 11.7. The van der Waals surface area contributed by atoms with E-state index in [4.69, 9.17) is 4.74 Å². The molecule has 84 valence electrons. The second kappa shape index (κ2) is 6.05. The fourth-order valence-electron chi connectivity index (χ4n) is 1.91. The lowest BCUT2D eigenvalue weighted by Crippen LogP contribution is -2.34. The van der Waals surface area contributed by atoms with Crippen LogP contribution in [-0.2, 0) is 9.53 Å². The maximum absolute atomic E-state index is 11.7. The van der Waals surface area contributed by atoms with Crippen molar-refractivity contribution in [1.82, 2.24) is 0 Å². The lowest BCUT2D eigenvalue weighted by Gasteiger charge is -2.31. The van der Waals surface area contributed by atoms with Gasteiger partial charge >= 0.3 is 5.97 Å². The third-order valence-corrected chi connectivity index (χ3v) is 2.95. The quantitative estimate of drug-likeness (QED) is 0.614. The van der Waals surface area contributed by atoms with Gasteiger partial charge in [0.25, 0.3) is 0 Å². The van der Waals surface area contributed by atoms with Gasteiger partial charge in [0, 0.05) is 0 Å². The molecule has 0 saturated heterocycles. The van der Waals surface area contributed by atoms with Gasteiger partial charge < -0.3 is 4.74 Å². The Labute approximate surface area is 88.0 Å². The van der Waals surface area contributed by atoms with Crippen molar-refractivity contribution in [3.05, 3.63) is 0 Å². The zero-order valence-electron chi connectivity index (χ0n) is 10.2. The number of hydrogen-bond donors (Lipinski definition) is 0. The standard InChI is InChI=1S/C12H24O2/c1-6-9-10(7-2)12(4,5)11(13)14-8-3/h10H,6-9H2,1-5H3. The highest BCUT2D eigenvalue weighted by atomic mass is 16.5. The van der Waals surface area contributed by atoms with Crippen molar-refractivity contribution in [3.63, 3.8) is 0 Å². The smallest absolute Gasteiger partial charge is 0.311 e. The third-order valence-electron chi connectivity index (χ3n) is 2.95. The van der Waals surface area contributed by atoms with E-state index in [-0.39, 0.29) is 11.4 Å². The zero-order valence-corrected chi connectivity index (χ0v) is 10.2. The number of carbonyl (C=O) groups is 1. The van der Waals surface area contributed by atoms with Gasteiger partial charge in [0.1, 0.15) is 0 Å². The van der Waals surface area contributed by atoms with Crippen LogP contribution in [0.2, 0.25) is 0 Å². The Bertz CT molecular complexity index is 173. The van der Waals surface area contributed by atoms with Crippen LogP contribution < -0.4 is 0 Å². The topological polar surface area (TPSA) is 26.3 Å². The Balaban J connectivity index is 4.45. The highest BCUT2D eigenvalue weighted by molar-refractivity contribution is 5.76. The van der Waals surface area contributed by atoms with E-state index in [9.17, 15) is 4.79 Å². The highest BCUT2D eigenvalue weighted by Crippen LogP contribution is 2.34. The van der Waals surface area contributed by atoms with Crippen LogP contribution in [-0.4, -0.2) is 12.6 Å². The summed E-state index contributed by atoms with van der Waals surface area (Å²) in [6.45, 7) is 10.6. The van der Waals surface area contributed by atoms with Gasteiger partial charge in [-0.1, -0.05) is 26.7 Å². The van der Waals surface area contributed by atoms with Gasteiger partial charge in [-0.15, -0.1) is 0 Å². The van der Waals surface area contributed by atoms with E-state index in [2.05, 4.69) is 13.8 Å². The summed E-state index contributed by atoms with van der Waals surface area (Å²) >= 11 is 0. The molecular weight excluding hydrogens is 176 g/mol. The summed E-state index contributed by atoms with van der Waals surface area (Å²) in [6.07, 6.45) is 3.27. The minimum atomic E-state index is -0.333. The van der Waals surface area contributed by atoms with Gasteiger partial charge in [0.15, 0.2) is 0 Å². The molecule has 0 rings (SSSR count). The number of hydrogen-bond acceptors (Lipinski definition) is 2. The minimum Gasteiger partial charge on any atom is -0.466 e. The van der Waals surface area contributed by atoms with Gasteiger partial charge in [-0.25, -0.2) is 0 Å². The first-order valence-corrected chi connectivity index (χ1v) is 5.67. The summed E-state index contributed by atoms with van der Waals surface area (Å²) in [5, 5.41) is 0. The first kappa shape index (κ1) is 13.5. The van der Waals surface area contributed by atoms with Crippen LogP contribution in [0.1, 0.15) is 53.9 Å². The lowest BCUT2D eigenvalue weighted by atomic mass is 9.75. The first-order chi connectivity index (χ1) is 6.50. The molecule has 2 heteroatoms. The van der Waals surface area contributed by atoms with Crippen LogP contribution in [0.4, 0.5) is 0 Å². The molecule has 1 unspecified atom stereocenters. The van der Waals surface area contributed by atoms with Crippen LogP contribution in [0.3, 0.4) is 0 Å². The molecule has 0 N–H and O–H groups in total. The normalized spacial score (nSPS) is 13.8. The second-order valence-electron chi connectivity index (χ2n) is 4.34. The summed E-state index contributed by atoms with van der Waals surface area (Å²) in [5.41, 5.74) is -0.333. The molecule has 0 radical (unpaired) electrons. The molecule has 0 aliphatic carbocycles. The molecule has 14 heavy (non-hydrogen) atoms. The van der Waals surface area contributed by atoms with E-state index < -0.39 is 0 Å². The molecule has 1 atom stereocenters. The molecule has 0 bridgehead atoms. The SMILES string of the molecule is CCCC(CC)C(C)(C)C(=O)OCC. The van der Waals surface area contributed by atoms with Crippen molar-refractivity contribution in [2.45, 2.75) is 53.9 Å². The largest absolute Gasteiger partial charge is 0.466 e. The monoisotopic (exact) mass is 200 g/mol. The molecule has 0 aromatic rings. The van der Waals surface area contributed by atoms with E-state index in [1.807, 2.05) is 20.8 Å². The summed E-state index contributed by atoms with van der Waals surface area (Å²) in [7, 11) is 0. The molecule has 0 saturated carbocycles. The zero-order chi connectivity index (χ0) is 11.2. The number of carbonyl (C=O) groups excluding carboxylic acids is 1. The molecular formula is C12H24O2. The average Bonchev–Trinajstić information content (AvgIpc) is 2.14. The van der Waals surface area contributed by atoms with Crippen LogP contribution in [0.25, 0.3) is 0 Å². The predicted octanol–water partition coefficient (Wildman–Crippen LogP) is 3.40. The minimum absolute atomic E-state index is 0.0553. The Kier molecular flexibility index (Phi) is 5.82. The Hall–Kier alpha value is -0.530.